The molecule has 0 amide bonds. The van der Waals surface area contributed by atoms with Crippen LogP contribution < -0.4 is 5.32 Å². The van der Waals surface area contributed by atoms with E-state index in [1.807, 2.05) is 34.6 Å². The van der Waals surface area contributed by atoms with Crippen LogP contribution >= 0.6 is 11.6 Å². The van der Waals surface area contributed by atoms with Crippen molar-refractivity contribution in [2.75, 3.05) is 5.32 Å². The van der Waals surface area contributed by atoms with Crippen LogP contribution in [0.25, 0.3) is 11.4 Å². The molecule has 2 N–H and O–H groups in total. The minimum absolute atomic E-state index is 0.00328. The summed E-state index contributed by atoms with van der Waals surface area (Å²) in [6, 6.07) is 5.68. The Morgan fingerprint density at radius 2 is 1.87 bits per heavy atom. The van der Waals surface area contributed by atoms with Crippen molar-refractivity contribution in [2.45, 2.75) is 40.0 Å². The van der Waals surface area contributed by atoms with Crippen LogP contribution in [0.4, 0.5) is 15.9 Å². The number of nitrogens with one attached hydrogen (secondary N) is 1. The summed E-state index contributed by atoms with van der Waals surface area (Å²) in [7, 11) is 0. The lowest BCUT2D eigenvalue weighted by Gasteiger charge is -2.23. The number of aromatic nitrogens is 3. The summed E-state index contributed by atoms with van der Waals surface area (Å²) in [5.41, 5.74) is 0.876. The molecule has 3 aromatic rings. The van der Waals surface area contributed by atoms with E-state index < -0.39 is 11.8 Å². The highest BCUT2D eigenvalue weighted by Crippen LogP contribution is 2.33. The van der Waals surface area contributed by atoms with E-state index in [9.17, 15) is 14.3 Å². The van der Waals surface area contributed by atoms with E-state index in [4.69, 9.17) is 11.6 Å². The normalized spacial score (nSPS) is 10.8. The second kappa shape index (κ2) is 9.63. The zero-order valence-electron chi connectivity index (χ0n) is 17.5. The second-order valence-corrected chi connectivity index (χ2v) is 7.62. The van der Waals surface area contributed by atoms with Gasteiger partial charge in [-0.05, 0) is 29.7 Å². The molecule has 0 aliphatic rings. The Bertz CT molecular complexity index is 1050. The first-order valence-corrected chi connectivity index (χ1v) is 9.82. The minimum atomic E-state index is -1.12. The maximum Gasteiger partial charge on any atom is 0.339 e. The van der Waals surface area contributed by atoms with Crippen LogP contribution in [-0.4, -0.2) is 26.0 Å². The first kappa shape index (κ1) is 23.2. The fourth-order valence-corrected chi connectivity index (χ4v) is 2.80. The SMILES string of the molecule is CC.CC(C)(C)c1cnc(-c2cc(Cl)ccc2F)nc1Nc1ccncc1C(=O)O. The minimum Gasteiger partial charge on any atom is -0.478 e. The molecule has 0 radical (unpaired) electrons. The maximum atomic E-state index is 14.3. The van der Waals surface area contributed by atoms with Crippen molar-refractivity contribution in [3.63, 3.8) is 0 Å². The van der Waals surface area contributed by atoms with Gasteiger partial charge in [-0.3, -0.25) is 4.98 Å². The average molecular weight is 431 g/mol. The summed E-state index contributed by atoms with van der Waals surface area (Å²) in [6.07, 6.45) is 4.33. The van der Waals surface area contributed by atoms with Crippen molar-refractivity contribution >= 4 is 29.1 Å². The molecular formula is C22H24ClFN4O2. The molecule has 6 nitrogen and oxygen atoms in total. The molecule has 0 bridgehead atoms. The molecule has 0 atom stereocenters. The van der Waals surface area contributed by atoms with E-state index in [1.165, 1.54) is 36.7 Å². The summed E-state index contributed by atoms with van der Waals surface area (Å²) in [5, 5.41) is 12.8. The number of hydrogen-bond acceptors (Lipinski definition) is 5. The molecule has 0 saturated heterocycles. The third-order valence-electron chi connectivity index (χ3n) is 4.07. The van der Waals surface area contributed by atoms with Crippen LogP contribution in [0, 0.1) is 5.82 Å². The quantitative estimate of drug-likeness (QED) is 0.520. The summed E-state index contributed by atoms with van der Waals surface area (Å²) >= 11 is 5.99. The van der Waals surface area contributed by atoms with Crippen molar-refractivity contribution in [1.82, 2.24) is 15.0 Å². The van der Waals surface area contributed by atoms with Crippen molar-refractivity contribution < 1.29 is 14.3 Å². The lowest BCUT2D eigenvalue weighted by molar-refractivity contribution is 0.0697. The first-order chi connectivity index (χ1) is 14.2. The number of hydrogen-bond donors (Lipinski definition) is 2. The van der Waals surface area contributed by atoms with Gasteiger partial charge in [-0.25, -0.2) is 19.2 Å². The third kappa shape index (κ3) is 5.30. The molecule has 158 valence electrons. The van der Waals surface area contributed by atoms with Gasteiger partial charge in [0, 0.05) is 29.2 Å². The average Bonchev–Trinajstić information content (AvgIpc) is 2.70. The predicted molar refractivity (Wildman–Crippen MR) is 117 cm³/mol. The molecule has 2 heterocycles. The molecule has 8 heteroatoms. The number of carboxylic acid groups (broad SMARTS) is 1. The highest BCUT2D eigenvalue weighted by Gasteiger charge is 2.23. The van der Waals surface area contributed by atoms with E-state index >= 15 is 0 Å². The van der Waals surface area contributed by atoms with Gasteiger partial charge < -0.3 is 10.4 Å². The van der Waals surface area contributed by atoms with Gasteiger partial charge in [-0.2, -0.15) is 0 Å². The molecular weight excluding hydrogens is 407 g/mol. The predicted octanol–water partition coefficient (Wildman–Crippen LogP) is 6.10. The monoisotopic (exact) mass is 430 g/mol. The summed E-state index contributed by atoms with van der Waals surface area (Å²) < 4.78 is 14.3. The molecule has 0 aliphatic carbocycles. The Morgan fingerprint density at radius 1 is 1.17 bits per heavy atom. The van der Waals surface area contributed by atoms with E-state index in [-0.39, 0.29) is 22.4 Å². The lowest BCUT2D eigenvalue weighted by atomic mass is 9.88. The van der Waals surface area contributed by atoms with Crippen LogP contribution in [0.1, 0.15) is 50.5 Å². The van der Waals surface area contributed by atoms with Crippen LogP contribution in [0.5, 0.6) is 0 Å². The van der Waals surface area contributed by atoms with Crippen molar-refractivity contribution in [2.24, 2.45) is 0 Å². The lowest BCUT2D eigenvalue weighted by Crippen LogP contribution is -2.17. The fraction of sp³-hybridized carbons (Fsp3) is 0.273. The number of benzene rings is 1. The molecule has 3 rings (SSSR count). The van der Waals surface area contributed by atoms with Gasteiger partial charge in [0.15, 0.2) is 5.82 Å². The van der Waals surface area contributed by atoms with E-state index in [2.05, 4.69) is 20.3 Å². The van der Waals surface area contributed by atoms with Gasteiger partial charge in [0.2, 0.25) is 0 Å². The van der Waals surface area contributed by atoms with Crippen LogP contribution in [0.2, 0.25) is 5.02 Å². The summed E-state index contributed by atoms with van der Waals surface area (Å²) in [5.74, 6) is -1.11. The number of anilines is 2. The molecule has 2 aromatic heterocycles. The molecule has 0 saturated carbocycles. The molecule has 0 spiro atoms. The number of rotatable bonds is 4. The van der Waals surface area contributed by atoms with Crippen LogP contribution in [-0.2, 0) is 5.41 Å². The number of aromatic carboxylic acids is 1. The Balaban J connectivity index is 0.00000155. The van der Waals surface area contributed by atoms with Crippen molar-refractivity contribution in [3.8, 4) is 11.4 Å². The standard InChI is InChI=1S/C20H18ClFN4O2.C2H6/c1-20(2,3)14-10-24-17(12-8-11(21)4-5-15(12)22)26-18(14)25-16-6-7-23-9-13(16)19(27)28;1-2/h4-10H,1-3H3,(H,27,28)(H,23,24,25,26);1-2H3. The molecule has 1 aromatic carbocycles. The zero-order chi connectivity index (χ0) is 22.5. The summed E-state index contributed by atoms with van der Waals surface area (Å²) in [6.45, 7) is 9.92. The number of carbonyl (C=O) groups is 1. The smallest absolute Gasteiger partial charge is 0.339 e. The number of carboxylic acids is 1. The number of nitrogens with zero attached hydrogens (tertiary/aromatic N) is 3. The van der Waals surface area contributed by atoms with E-state index in [0.717, 1.165) is 5.56 Å². The van der Waals surface area contributed by atoms with Crippen LogP contribution in [0.3, 0.4) is 0 Å². The summed E-state index contributed by atoms with van der Waals surface area (Å²) in [4.78, 5) is 24.1. The van der Waals surface area contributed by atoms with Gasteiger partial charge >= 0.3 is 5.97 Å². The second-order valence-electron chi connectivity index (χ2n) is 7.18. The Hall–Kier alpha value is -3.06. The van der Waals surface area contributed by atoms with Crippen molar-refractivity contribution in [1.29, 1.82) is 0 Å². The fourth-order valence-electron chi connectivity index (χ4n) is 2.63. The van der Waals surface area contributed by atoms with E-state index in [0.29, 0.717) is 16.5 Å². The highest BCUT2D eigenvalue weighted by molar-refractivity contribution is 6.30. The zero-order valence-corrected chi connectivity index (χ0v) is 18.3. The molecule has 0 aliphatic heterocycles. The van der Waals surface area contributed by atoms with Gasteiger partial charge in [0.1, 0.15) is 17.2 Å². The largest absolute Gasteiger partial charge is 0.478 e. The van der Waals surface area contributed by atoms with Gasteiger partial charge in [-0.15, -0.1) is 0 Å². The number of halogens is 2. The van der Waals surface area contributed by atoms with Gasteiger partial charge in [-0.1, -0.05) is 46.2 Å². The van der Waals surface area contributed by atoms with Crippen LogP contribution in [0.15, 0.2) is 42.9 Å². The van der Waals surface area contributed by atoms with Crippen molar-refractivity contribution in [3.05, 3.63) is 64.8 Å². The highest BCUT2D eigenvalue weighted by atomic mass is 35.5. The molecule has 0 unspecified atom stereocenters. The molecule has 0 fully saturated rings. The van der Waals surface area contributed by atoms with E-state index in [1.54, 1.807) is 6.20 Å². The first-order valence-electron chi connectivity index (χ1n) is 9.44. The number of pyridine rings is 1. The topological polar surface area (TPSA) is 88.0 Å². The Kier molecular flexibility index (Phi) is 7.45. The Morgan fingerprint density at radius 3 is 2.50 bits per heavy atom. The van der Waals surface area contributed by atoms with Gasteiger partial charge in [0.25, 0.3) is 0 Å². The van der Waals surface area contributed by atoms with Gasteiger partial charge in [0.05, 0.1) is 11.3 Å². The third-order valence-corrected chi connectivity index (χ3v) is 4.31. The molecule has 30 heavy (non-hydrogen) atoms. The Labute approximate surface area is 180 Å². The maximum absolute atomic E-state index is 14.3.